The molecule has 0 aromatic carbocycles. The van der Waals surface area contributed by atoms with Crippen molar-refractivity contribution in [2.75, 3.05) is 13.2 Å². The number of hydrogen-bond acceptors (Lipinski definition) is 3. The van der Waals surface area contributed by atoms with Crippen LogP contribution in [-0.2, 0) is 19.4 Å². The average molecular weight is 131 g/mol. The van der Waals surface area contributed by atoms with Crippen molar-refractivity contribution in [1.82, 2.24) is 0 Å². The summed E-state index contributed by atoms with van der Waals surface area (Å²) < 4.78 is 4.21. The lowest BCUT2D eigenvalue weighted by Gasteiger charge is -1.95. The molecule has 0 N–H and O–H groups in total. The summed E-state index contributed by atoms with van der Waals surface area (Å²) in [7, 11) is 0. The summed E-state index contributed by atoms with van der Waals surface area (Å²) in [6, 6.07) is 0. The van der Waals surface area contributed by atoms with E-state index in [0.717, 1.165) is 0 Å². The zero-order chi connectivity index (χ0) is 7.28. The Labute approximate surface area is 52.4 Å². The van der Waals surface area contributed by atoms with Crippen LogP contribution in [0.1, 0.15) is 6.92 Å². The summed E-state index contributed by atoms with van der Waals surface area (Å²) in [6.45, 7) is -0.0375. The van der Waals surface area contributed by atoms with Crippen molar-refractivity contribution in [3.05, 3.63) is 0 Å². The van der Waals surface area contributed by atoms with E-state index in [1.165, 1.54) is 6.92 Å². The van der Waals surface area contributed by atoms with Gasteiger partial charge in [-0.25, -0.2) is 5.11 Å². The van der Waals surface area contributed by atoms with Crippen LogP contribution < -0.4 is 0 Å². The van der Waals surface area contributed by atoms with Gasteiger partial charge in [0.05, 0.1) is 0 Å². The van der Waals surface area contributed by atoms with Crippen molar-refractivity contribution in [2.45, 2.75) is 6.92 Å². The van der Waals surface area contributed by atoms with Crippen molar-refractivity contribution in [2.24, 2.45) is 0 Å². The molecule has 9 heavy (non-hydrogen) atoms. The summed E-state index contributed by atoms with van der Waals surface area (Å²) >= 11 is 0. The average Bonchev–Trinajstić information content (AvgIpc) is 1.83. The van der Waals surface area contributed by atoms with E-state index in [0.29, 0.717) is 0 Å². The molecule has 0 aliphatic heterocycles. The van der Waals surface area contributed by atoms with Crippen LogP contribution in [0.15, 0.2) is 0 Å². The van der Waals surface area contributed by atoms with Gasteiger partial charge >= 0.3 is 5.97 Å². The van der Waals surface area contributed by atoms with Crippen LogP contribution in [0.2, 0.25) is 0 Å². The number of Topliss-reactive ketones (excluding diaryl/α,β-unsaturated/α-hetero) is 1. The first kappa shape index (κ1) is 8.10. The van der Waals surface area contributed by atoms with Gasteiger partial charge in [0.1, 0.15) is 6.61 Å². The molecule has 0 spiro atoms. The summed E-state index contributed by atoms with van der Waals surface area (Å²) in [4.78, 5) is 20.1. The third kappa shape index (κ3) is 4.96. The van der Waals surface area contributed by atoms with E-state index in [9.17, 15) is 14.7 Å². The number of carbonyl (C=O) groups is 2. The largest absolute Gasteiger partial charge is 0.458 e. The topological polar surface area (TPSA) is 63.3 Å². The molecule has 0 fully saturated rings. The minimum Gasteiger partial charge on any atom is -0.458 e. The van der Waals surface area contributed by atoms with Gasteiger partial charge in [0.2, 0.25) is 0 Å². The Hall–Kier alpha value is -0.900. The number of rotatable bonds is 3. The maximum Gasteiger partial charge on any atom is 0.303 e. The van der Waals surface area contributed by atoms with E-state index in [-0.39, 0.29) is 0 Å². The fourth-order valence-electron chi connectivity index (χ4n) is 0.224. The van der Waals surface area contributed by atoms with Gasteiger partial charge in [-0.1, -0.05) is 0 Å². The van der Waals surface area contributed by atoms with Crippen molar-refractivity contribution in [3.8, 4) is 0 Å². The number of hydrogen-bond donors (Lipinski definition) is 0. The van der Waals surface area contributed by atoms with Crippen LogP contribution in [0.4, 0.5) is 0 Å². The molecule has 0 aromatic rings. The minimum atomic E-state index is -0.826. The third-order valence-electron chi connectivity index (χ3n) is 0.597. The molecular formula is C5H7O4. The highest BCUT2D eigenvalue weighted by atomic mass is 16.5. The van der Waals surface area contributed by atoms with E-state index in [4.69, 9.17) is 0 Å². The van der Waals surface area contributed by atoms with Gasteiger partial charge in [0.15, 0.2) is 12.4 Å². The smallest absolute Gasteiger partial charge is 0.303 e. The maximum absolute atomic E-state index is 10.1. The van der Waals surface area contributed by atoms with Crippen molar-refractivity contribution in [3.63, 3.8) is 0 Å². The molecule has 0 saturated heterocycles. The Kier molecular flexibility index (Phi) is 3.62. The third-order valence-corrected chi connectivity index (χ3v) is 0.597. The fraction of sp³-hybridized carbons (Fsp3) is 0.600. The molecule has 0 rings (SSSR count). The summed E-state index contributed by atoms with van der Waals surface area (Å²) in [5.41, 5.74) is 0. The molecule has 0 aliphatic rings. The second kappa shape index (κ2) is 4.03. The number of esters is 1. The molecule has 0 amide bonds. The summed E-state index contributed by atoms with van der Waals surface area (Å²) in [5.74, 6) is -1.15. The number of carbonyl (C=O) groups excluding carboxylic acids is 2. The molecule has 0 saturated carbocycles. The quantitative estimate of drug-likeness (QED) is 0.487. The summed E-state index contributed by atoms with van der Waals surface area (Å²) in [6.07, 6.45) is 0. The van der Waals surface area contributed by atoms with E-state index in [1.54, 1.807) is 0 Å². The molecule has 0 bridgehead atoms. The lowest BCUT2D eigenvalue weighted by Crippen LogP contribution is -2.13. The summed E-state index contributed by atoms with van der Waals surface area (Å²) in [5, 5.41) is 9.70. The van der Waals surface area contributed by atoms with Crippen molar-refractivity contribution >= 4 is 11.8 Å². The van der Waals surface area contributed by atoms with Crippen LogP contribution in [0, 0.1) is 0 Å². The standard InChI is InChI=1S/C5H7O4/c1-4(7)9-3-5(8)2-6/h2-3H2,1H3. The van der Waals surface area contributed by atoms with Crippen LogP contribution in [-0.4, -0.2) is 25.0 Å². The molecule has 51 valence electrons. The van der Waals surface area contributed by atoms with E-state index >= 15 is 0 Å². The molecule has 4 nitrogen and oxygen atoms in total. The Morgan fingerprint density at radius 3 is 2.33 bits per heavy atom. The molecular weight excluding hydrogens is 124 g/mol. The monoisotopic (exact) mass is 131 g/mol. The number of ether oxygens (including phenoxy) is 1. The Morgan fingerprint density at radius 2 is 2.00 bits per heavy atom. The van der Waals surface area contributed by atoms with Gasteiger partial charge in [-0.3, -0.25) is 9.59 Å². The first-order valence-corrected chi connectivity index (χ1v) is 2.40. The zero-order valence-electron chi connectivity index (χ0n) is 5.05. The lowest BCUT2D eigenvalue weighted by molar-refractivity contribution is -0.146. The second-order valence-corrected chi connectivity index (χ2v) is 1.46. The maximum atomic E-state index is 10.1. The zero-order valence-corrected chi connectivity index (χ0v) is 5.05. The molecule has 0 unspecified atom stereocenters. The highest BCUT2D eigenvalue weighted by molar-refractivity contribution is 5.82. The Morgan fingerprint density at radius 1 is 1.44 bits per heavy atom. The van der Waals surface area contributed by atoms with Gasteiger partial charge < -0.3 is 4.74 Å². The van der Waals surface area contributed by atoms with Crippen LogP contribution in [0.3, 0.4) is 0 Å². The van der Waals surface area contributed by atoms with Gasteiger partial charge in [0, 0.05) is 6.92 Å². The highest BCUT2D eigenvalue weighted by Crippen LogP contribution is 1.76. The lowest BCUT2D eigenvalue weighted by atomic mass is 10.4. The van der Waals surface area contributed by atoms with E-state index in [1.807, 2.05) is 0 Å². The molecule has 0 atom stereocenters. The highest BCUT2D eigenvalue weighted by Gasteiger charge is 2.00. The normalized spacial score (nSPS) is 8.67. The molecule has 0 heterocycles. The van der Waals surface area contributed by atoms with Crippen molar-refractivity contribution < 1.29 is 19.4 Å². The van der Waals surface area contributed by atoms with Gasteiger partial charge in [0.25, 0.3) is 0 Å². The van der Waals surface area contributed by atoms with Crippen molar-refractivity contribution in [1.29, 1.82) is 0 Å². The molecule has 0 aromatic heterocycles. The first-order chi connectivity index (χ1) is 4.16. The van der Waals surface area contributed by atoms with Gasteiger partial charge in [-0.15, -0.1) is 0 Å². The molecule has 4 heteroatoms. The van der Waals surface area contributed by atoms with E-state index < -0.39 is 25.0 Å². The predicted molar refractivity (Wildman–Crippen MR) is 27.2 cm³/mol. The SMILES string of the molecule is CC(=O)OCC(=O)C[O]. The van der Waals surface area contributed by atoms with Gasteiger partial charge in [-0.05, 0) is 0 Å². The predicted octanol–water partition coefficient (Wildman–Crippen LogP) is -0.451. The molecule has 0 aliphatic carbocycles. The Bertz CT molecular complexity index is 118. The van der Waals surface area contributed by atoms with Gasteiger partial charge in [-0.2, -0.15) is 0 Å². The second-order valence-electron chi connectivity index (χ2n) is 1.46. The van der Waals surface area contributed by atoms with Crippen LogP contribution >= 0.6 is 0 Å². The van der Waals surface area contributed by atoms with Crippen LogP contribution in [0.5, 0.6) is 0 Å². The minimum absolute atomic E-state index is 0.390. The van der Waals surface area contributed by atoms with E-state index in [2.05, 4.69) is 4.74 Å². The Balaban J connectivity index is 3.28. The fourth-order valence-corrected chi connectivity index (χ4v) is 0.224. The molecule has 1 radical (unpaired) electrons. The first-order valence-electron chi connectivity index (χ1n) is 2.40. The number of ketones is 1. The van der Waals surface area contributed by atoms with Crippen LogP contribution in [0.25, 0.3) is 0 Å².